The number of nitrogens with zero attached hydrogens (tertiary/aromatic N) is 3. The zero-order chi connectivity index (χ0) is 21.8. The van der Waals surface area contributed by atoms with Crippen molar-refractivity contribution in [2.45, 2.75) is 25.5 Å². The van der Waals surface area contributed by atoms with Crippen molar-refractivity contribution >= 4 is 62.5 Å². The number of benzene rings is 2. The predicted octanol–water partition coefficient (Wildman–Crippen LogP) is 6.55. The van der Waals surface area contributed by atoms with E-state index in [1.54, 1.807) is 18.2 Å². The van der Waals surface area contributed by atoms with Crippen LogP contribution in [0.2, 0.25) is 10.0 Å². The average Bonchev–Trinajstić information content (AvgIpc) is 3.08. The number of halogens is 3. The van der Waals surface area contributed by atoms with Crippen molar-refractivity contribution in [3.05, 3.63) is 68.6 Å². The van der Waals surface area contributed by atoms with Crippen LogP contribution < -0.4 is 5.32 Å². The molecule has 1 heterocycles. The zero-order valence-electron chi connectivity index (χ0n) is 16.4. The Morgan fingerprint density at radius 2 is 1.90 bits per heavy atom. The molecule has 0 atom stereocenters. The lowest BCUT2D eigenvalue weighted by atomic mass is 10.1. The van der Waals surface area contributed by atoms with E-state index in [9.17, 15) is 4.79 Å². The molecule has 0 saturated heterocycles. The Labute approximate surface area is 198 Å². The number of amides is 1. The molecule has 5 nitrogen and oxygen atoms in total. The van der Waals surface area contributed by atoms with Crippen molar-refractivity contribution in [1.29, 1.82) is 0 Å². The molecule has 156 valence electrons. The number of aryl methyl sites for hydroxylation is 2. The summed E-state index contributed by atoms with van der Waals surface area (Å²) < 4.78 is 2.87. The minimum atomic E-state index is -0.113. The molecular weight excluding hydrogens is 507 g/mol. The summed E-state index contributed by atoms with van der Waals surface area (Å²) in [5, 5.41) is 13.1. The third-order valence-electron chi connectivity index (χ3n) is 4.30. The van der Waals surface area contributed by atoms with Gasteiger partial charge in [-0.15, -0.1) is 16.8 Å². The number of thioether (sulfide) groups is 1. The van der Waals surface area contributed by atoms with Gasteiger partial charge in [-0.2, -0.15) is 0 Å². The fourth-order valence-corrected chi connectivity index (χ4v) is 4.68. The summed E-state index contributed by atoms with van der Waals surface area (Å²) in [4.78, 5) is 12.5. The first-order chi connectivity index (χ1) is 14.3. The smallest absolute Gasteiger partial charge is 0.234 e. The summed E-state index contributed by atoms with van der Waals surface area (Å²) >= 11 is 16.9. The number of carbonyl (C=O) groups excluding carboxylic acids is 1. The fourth-order valence-electron chi connectivity index (χ4n) is 2.95. The van der Waals surface area contributed by atoms with Crippen LogP contribution in [0.25, 0.3) is 11.4 Å². The first kappa shape index (κ1) is 22.9. The molecule has 1 aromatic heterocycles. The van der Waals surface area contributed by atoms with Crippen LogP contribution in [0.4, 0.5) is 5.69 Å². The van der Waals surface area contributed by atoms with Gasteiger partial charge in [0.05, 0.1) is 15.8 Å². The predicted molar refractivity (Wildman–Crippen MR) is 129 cm³/mol. The van der Waals surface area contributed by atoms with Crippen molar-refractivity contribution in [1.82, 2.24) is 14.8 Å². The van der Waals surface area contributed by atoms with Crippen molar-refractivity contribution in [2.75, 3.05) is 11.1 Å². The molecule has 9 heteroatoms. The molecule has 0 bridgehead atoms. The third kappa shape index (κ3) is 5.27. The Morgan fingerprint density at radius 1 is 1.20 bits per heavy atom. The Hall–Kier alpha value is -1.80. The largest absolute Gasteiger partial charge is 0.325 e. The van der Waals surface area contributed by atoms with Crippen LogP contribution in [0.15, 0.2) is 52.6 Å². The van der Waals surface area contributed by atoms with Crippen LogP contribution in [-0.2, 0) is 11.3 Å². The van der Waals surface area contributed by atoms with Gasteiger partial charge in [0.15, 0.2) is 11.0 Å². The highest BCUT2D eigenvalue weighted by Gasteiger charge is 2.16. The molecule has 3 rings (SSSR count). The van der Waals surface area contributed by atoms with E-state index in [1.807, 2.05) is 36.6 Å². The molecule has 0 spiro atoms. The normalized spacial score (nSPS) is 10.8. The number of allylic oxidation sites excluding steroid dienone is 1. The maximum atomic E-state index is 12.5. The van der Waals surface area contributed by atoms with E-state index in [4.69, 9.17) is 23.2 Å². The number of aromatic nitrogens is 3. The van der Waals surface area contributed by atoms with Gasteiger partial charge in [-0.1, -0.05) is 57.0 Å². The van der Waals surface area contributed by atoms with E-state index in [-0.39, 0.29) is 11.7 Å². The number of hydrogen-bond donors (Lipinski definition) is 1. The van der Waals surface area contributed by atoms with Crippen LogP contribution in [0.3, 0.4) is 0 Å². The lowest BCUT2D eigenvalue weighted by molar-refractivity contribution is -0.113. The number of anilines is 1. The summed E-state index contributed by atoms with van der Waals surface area (Å²) in [5.41, 5.74) is 3.61. The Kier molecular flexibility index (Phi) is 7.63. The van der Waals surface area contributed by atoms with Gasteiger partial charge in [-0.3, -0.25) is 9.36 Å². The quantitative estimate of drug-likeness (QED) is 0.280. The molecule has 1 amide bonds. The van der Waals surface area contributed by atoms with Crippen molar-refractivity contribution in [3.63, 3.8) is 0 Å². The van der Waals surface area contributed by atoms with E-state index in [1.165, 1.54) is 11.8 Å². The van der Waals surface area contributed by atoms with Gasteiger partial charge in [0.1, 0.15) is 0 Å². The van der Waals surface area contributed by atoms with E-state index in [0.29, 0.717) is 27.6 Å². The second-order valence-electron chi connectivity index (χ2n) is 6.59. The van der Waals surface area contributed by atoms with Crippen molar-refractivity contribution in [2.24, 2.45) is 0 Å². The average molecular weight is 526 g/mol. The first-order valence-corrected chi connectivity index (χ1v) is 11.5. The van der Waals surface area contributed by atoms with Crippen LogP contribution in [0, 0.1) is 13.8 Å². The summed E-state index contributed by atoms with van der Waals surface area (Å²) in [5.74, 6) is 0.722. The zero-order valence-corrected chi connectivity index (χ0v) is 20.3. The Morgan fingerprint density at radius 3 is 2.53 bits per heavy atom. The maximum absolute atomic E-state index is 12.5. The van der Waals surface area contributed by atoms with Gasteiger partial charge in [-0.25, -0.2) is 0 Å². The number of carbonyl (C=O) groups is 1. The van der Waals surface area contributed by atoms with Crippen LogP contribution in [-0.4, -0.2) is 26.4 Å². The SMILES string of the molecule is C=CCn1c(SCC(=O)Nc2c(C)cc(Br)cc2C)nnc1-c1ccc(Cl)c(Cl)c1. The van der Waals surface area contributed by atoms with Gasteiger partial charge in [-0.05, 0) is 55.3 Å². The summed E-state index contributed by atoms with van der Waals surface area (Å²) in [6.45, 7) is 8.23. The van der Waals surface area contributed by atoms with Gasteiger partial charge >= 0.3 is 0 Å². The number of hydrogen-bond acceptors (Lipinski definition) is 4. The van der Waals surface area contributed by atoms with Gasteiger partial charge < -0.3 is 5.32 Å². The maximum Gasteiger partial charge on any atom is 0.234 e. The summed E-state index contributed by atoms with van der Waals surface area (Å²) in [7, 11) is 0. The third-order valence-corrected chi connectivity index (χ3v) is 6.46. The standard InChI is InChI=1S/C21H19BrCl2N4OS/c1-4-7-28-20(14-5-6-16(23)17(24)10-14)26-27-21(28)30-11-18(29)25-19-12(2)8-15(22)9-13(19)3/h4-6,8-10H,1,7,11H2,2-3H3,(H,25,29). The van der Waals surface area contributed by atoms with Gasteiger partial charge in [0.25, 0.3) is 0 Å². The number of rotatable bonds is 7. The molecule has 0 radical (unpaired) electrons. The summed E-state index contributed by atoms with van der Waals surface area (Å²) in [6.07, 6.45) is 1.75. The molecule has 30 heavy (non-hydrogen) atoms. The minimum Gasteiger partial charge on any atom is -0.325 e. The molecule has 0 fully saturated rings. The topological polar surface area (TPSA) is 59.8 Å². The highest BCUT2D eigenvalue weighted by molar-refractivity contribution is 9.10. The van der Waals surface area contributed by atoms with E-state index < -0.39 is 0 Å². The van der Waals surface area contributed by atoms with Gasteiger partial charge in [0.2, 0.25) is 5.91 Å². The monoisotopic (exact) mass is 524 g/mol. The summed E-state index contributed by atoms with van der Waals surface area (Å²) in [6, 6.07) is 9.24. The molecule has 0 saturated carbocycles. The van der Waals surface area contributed by atoms with E-state index >= 15 is 0 Å². The van der Waals surface area contributed by atoms with Crippen molar-refractivity contribution < 1.29 is 4.79 Å². The highest BCUT2D eigenvalue weighted by Crippen LogP contribution is 2.30. The Bertz CT molecular complexity index is 1090. The first-order valence-electron chi connectivity index (χ1n) is 8.99. The van der Waals surface area contributed by atoms with Gasteiger partial charge in [0, 0.05) is 22.3 Å². The lowest BCUT2D eigenvalue weighted by Crippen LogP contribution is -2.16. The molecule has 0 aliphatic heterocycles. The fraction of sp³-hybridized carbons (Fsp3) is 0.190. The molecule has 0 aliphatic rings. The lowest BCUT2D eigenvalue weighted by Gasteiger charge is -2.12. The van der Waals surface area contributed by atoms with Crippen LogP contribution in [0.5, 0.6) is 0 Å². The highest BCUT2D eigenvalue weighted by atomic mass is 79.9. The second-order valence-corrected chi connectivity index (χ2v) is 9.26. The molecule has 0 unspecified atom stereocenters. The van der Waals surface area contributed by atoms with Crippen molar-refractivity contribution in [3.8, 4) is 11.4 Å². The molecule has 2 aromatic carbocycles. The van der Waals surface area contributed by atoms with Crippen LogP contribution in [0.1, 0.15) is 11.1 Å². The Balaban J connectivity index is 1.77. The molecule has 1 N–H and O–H groups in total. The second kappa shape index (κ2) is 10.0. The molecule has 3 aromatic rings. The van der Waals surface area contributed by atoms with E-state index in [2.05, 4.69) is 38.0 Å². The van der Waals surface area contributed by atoms with E-state index in [0.717, 1.165) is 26.9 Å². The minimum absolute atomic E-state index is 0.113. The number of nitrogens with one attached hydrogen (secondary N) is 1. The molecule has 0 aliphatic carbocycles. The van der Waals surface area contributed by atoms with Crippen LogP contribution >= 0.6 is 50.9 Å². The molecular formula is C21H19BrCl2N4OS.